The van der Waals surface area contributed by atoms with Crippen molar-refractivity contribution in [2.24, 2.45) is 0 Å². The molecule has 0 heteroatoms. The molecule has 0 aromatic heterocycles. The van der Waals surface area contributed by atoms with Gasteiger partial charge in [0.25, 0.3) is 0 Å². The Morgan fingerprint density at radius 2 is 1.15 bits per heavy atom. The van der Waals surface area contributed by atoms with E-state index in [1.54, 1.807) is 0 Å². The number of rotatable bonds is 2. The molecule has 20 heavy (non-hydrogen) atoms. The molecule has 0 fully saturated rings. The fourth-order valence-electron chi connectivity index (χ4n) is 2.96. The van der Waals surface area contributed by atoms with Gasteiger partial charge in [-0.05, 0) is 86.1 Å². The maximum absolute atomic E-state index is 2.28. The van der Waals surface area contributed by atoms with Crippen LogP contribution in [0.1, 0.15) is 45.9 Å². The molecule has 0 aliphatic heterocycles. The van der Waals surface area contributed by atoms with Crippen molar-refractivity contribution in [1.29, 1.82) is 0 Å². The second kappa shape index (κ2) is 5.66. The molecule has 104 valence electrons. The topological polar surface area (TPSA) is 0 Å². The number of hydrogen-bond acceptors (Lipinski definition) is 0. The summed E-state index contributed by atoms with van der Waals surface area (Å²) in [6.07, 6.45) is 2.28. The lowest BCUT2D eigenvalue weighted by atomic mass is 9.86. The van der Waals surface area contributed by atoms with E-state index in [0.29, 0.717) is 0 Å². The first-order chi connectivity index (χ1) is 9.43. The highest BCUT2D eigenvalue weighted by atomic mass is 14.2. The summed E-state index contributed by atoms with van der Waals surface area (Å²) in [5.74, 6) is 0. The van der Waals surface area contributed by atoms with Gasteiger partial charge in [-0.1, -0.05) is 36.4 Å². The van der Waals surface area contributed by atoms with Crippen LogP contribution in [0, 0.1) is 34.6 Å². The van der Waals surface area contributed by atoms with E-state index >= 15 is 0 Å². The number of allylic oxidation sites excluding steroid dienone is 1. The first-order valence-electron chi connectivity index (χ1n) is 7.24. The summed E-state index contributed by atoms with van der Waals surface area (Å²) in [5, 5.41) is 0. The van der Waals surface area contributed by atoms with Gasteiger partial charge in [0.1, 0.15) is 0 Å². The van der Waals surface area contributed by atoms with Crippen molar-refractivity contribution in [3.63, 3.8) is 0 Å². The summed E-state index contributed by atoms with van der Waals surface area (Å²) in [6.45, 7) is 13.4. The lowest BCUT2D eigenvalue weighted by Crippen LogP contribution is -2.01. The van der Waals surface area contributed by atoms with Gasteiger partial charge >= 0.3 is 0 Å². The molecule has 0 bridgehead atoms. The molecule has 2 aromatic rings. The quantitative estimate of drug-likeness (QED) is 0.602. The Balaban J connectivity index is 2.62. The highest BCUT2D eigenvalue weighted by Gasteiger charge is 2.13. The molecule has 0 saturated heterocycles. The Kier molecular flexibility index (Phi) is 4.13. The van der Waals surface area contributed by atoms with Crippen LogP contribution in [0.2, 0.25) is 0 Å². The van der Waals surface area contributed by atoms with Gasteiger partial charge in [0.05, 0.1) is 0 Å². The van der Waals surface area contributed by atoms with Crippen LogP contribution in [0.3, 0.4) is 0 Å². The lowest BCUT2D eigenvalue weighted by molar-refractivity contribution is 1.16. The molecule has 0 nitrogen and oxygen atoms in total. The maximum atomic E-state index is 2.28. The fraction of sp³-hybridized carbons (Fsp3) is 0.300. The van der Waals surface area contributed by atoms with E-state index in [1.165, 1.54) is 44.5 Å². The van der Waals surface area contributed by atoms with Crippen LogP contribution in [-0.4, -0.2) is 0 Å². The normalized spacial score (nSPS) is 11.8. The van der Waals surface area contributed by atoms with Gasteiger partial charge in [-0.15, -0.1) is 0 Å². The molecule has 0 radical (unpaired) electrons. The Labute approximate surface area is 123 Å². The minimum atomic E-state index is 1.26. The number of hydrogen-bond donors (Lipinski definition) is 0. The van der Waals surface area contributed by atoms with Gasteiger partial charge in [0.15, 0.2) is 0 Å². The molecule has 2 rings (SSSR count). The number of benzene rings is 2. The van der Waals surface area contributed by atoms with Crippen molar-refractivity contribution in [1.82, 2.24) is 0 Å². The molecule has 0 amide bonds. The van der Waals surface area contributed by atoms with E-state index in [2.05, 4.69) is 78.0 Å². The van der Waals surface area contributed by atoms with E-state index < -0.39 is 0 Å². The molecule has 0 N–H and O–H groups in total. The summed E-state index contributed by atoms with van der Waals surface area (Å²) in [4.78, 5) is 0. The zero-order chi connectivity index (χ0) is 14.9. The first kappa shape index (κ1) is 14.6. The van der Waals surface area contributed by atoms with Crippen molar-refractivity contribution >= 4 is 11.6 Å². The van der Waals surface area contributed by atoms with E-state index in [4.69, 9.17) is 0 Å². The minimum absolute atomic E-state index is 1.26. The van der Waals surface area contributed by atoms with Gasteiger partial charge in [0, 0.05) is 0 Å². The summed E-state index contributed by atoms with van der Waals surface area (Å²) < 4.78 is 0. The van der Waals surface area contributed by atoms with Crippen LogP contribution in [0.15, 0.2) is 30.3 Å². The zero-order valence-electron chi connectivity index (χ0n) is 13.5. The molecule has 0 aliphatic carbocycles. The van der Waals surface area contributed by atoms with E-state index in [1.807, 2.05) is 0 Å². The Morgan fingerprint density at radius 3 is 1.65 bits per heavy atom. The van der Waals surface area contributed by atoms with Crippen LogP contribution >= 0.6 is 0 Å². The summed E-state index contributed by atoms with van der Waals surface area (Å²) >= 11 is 0. The first-order valence-corrected chi connectivity index (χ1v) is 7.24. The molecule has 0 atom stereocenters. The van der Waals surface area contributed by atoms with Gasteiger partial charge in [-0.2, -0.15) is 0 Å². The standard InChI is InChI=1S/C20H24/c1-13(12-19-10-8-7-9-11-19)20-17(5)15(3)14(2)16(4)18(20)6/h7-12H,1-6H3. The van der Waals surface area contributed by atoms with Crippen LogP contribution in [0.4, 0.5) is 0 Å². The second-order valence-corrected chi connectivity index (χ2v) is 5.74. The third-order valence-electron chi connectivity index (χ3n) is 4.58. The van der Waals surface area contributed by atoms with Gasteiger partial charge < -0.3 is 0 Å². The van der Waals surface area contributed by atoms with Gasteiger partial charge in [-0.25, -0.2) is 0 Å². The van der Waals surface area contributed by atoms with E-state index in [9.17, 15) is 0 Å². The molecule has 0 unspecified atom stereocenters. The van der Waals surface area contributed by atoms with Crippen LogP contribution < -0.4 is 0 Å². The van der Waals surface area contributed by atoms with Crippen molar-refractivity contribution in [3.8, 4) is 0 Å². The SMILES string of the molecule is CC(=Cc1ccccc1)c1c(C)c(C)c(C)c(C)c1C. The predicted octanol–water partition coefficient (Wildman–Crippen LogP) is 5.79. The maximum Gasteiger partial charge on any atom is -0.0163 e. The smallest absolute Gasteiger partial charge is 0.0163 e. The molecule has 0 spiro atoms. The summed E-state index contributed by atoms with van der Waals surface area (Å²) in [7, 11) is 0. The van der Waals surface area contributed by atoms with Gasteiger partial charge in [-0.3, -0.25) is 0 Å². The zero-order valence-corrected chi connectivity index (χ0v) is 13.5. The molecule has 0 aliphatic rings. The Bertz CT molecular complexity index is 629. The second-order valence-electron chi connectivity index (χ2n) is 5.74. The van der Waals surface area contributed by atoms with Crippen molar-refractivity contribution in [2.75, 3.05) is 0 Å². The average Bonchev–Trinajstić information content (AvgIpc) is 2.44. The van der Waals surface area contributed by atoms with Gasteiger partial charge in [0.2, 0.25) is 0 Å². The minimum Gasteiger partial charge on any atom is -0.0622 e. The summed E-state index contributed by atoms with van der Waals surface area (Å²) in [5.41, 5.74) is 11.1. The summed E-state index contributed by atoms with van der Waals surface area (Å²) in [6, 6.07) is 10.5. The molecular formula is C20H24. The van der Waals surface area contributed by atoms with E-state index in [0.717, 1.165) is 0 Å². The van der Waals surface area contributed by atoms with Crippen LogP contribution in [0.25, 0.3) is 11.6 Å². The largest absolute Gasteiger partial charge is 0.0622 e. The molecular weight excluding hydrogens is 240 g/mol. The fourth-order valence-corrected chi connectivity index (χ4v) is 2.96. The van der Waals surface area contributed by atoms with Crippen molar-refractivity contribution < 1.29 is 0 Å². The monoisotopic (exact) mass is 264 g/mol. The lowest BCUT2D eigenvalue weighted by Gasteiger charge is -2.19. The predicted molar refractivity (Wildman–Crippen MR) is 90.1 cm³/mol. The molecule has 2 aromatic carbocycles. The van der Waals surface area contributed by atoms with Crippen LogP contribution in [0.5, 0.6) is 0 Å². The Morgan fingerprint density at radius 1 is 0.700 bits per heavy atom. The Hall–Kier alpha value is -1.82. The third kappa shape index (κ3) is 2.56. The third-order valence-corrected chi connectivity index (χ3v) is 4.58. The van der Waals surface area contributed by atoms with Crippen molar-refractivity contribution in [2.45, 2.75) is 41.5 Å². The molecule has 0 saturated carbocycles. The van der Waals surface area contributed by atoms with E-state index in [-0.39, 0.29) is 0 Å². The van der Waals surface area contributed by atoms with Crippen LogP contribution in [-0.2, 0) is 0 Å². The van der Waals surface area contributed by atoms with Crippen molar-refractivity contribution in [3.05, 3.63) is 69.3 Å². The highest BCUT2D eigenvalue weighted by molar-refractivity contribution is 5.84. The molecule has 0 heterocycles. The average molecular weight is 264 g/mol. The highest BCUT2D eigenvalue weighted by Crippen LogP contribution is 2.31.